The summed E-state index contributed by atoms with van der Waals surface area (Å²) in [6.45, 7) is 6.85. The topological polar surface area (TPSA) is 35.5 Å². The number of benzene rings is 1. The Balaban J connectivity index is 2.17. The zero-order valence-electron chi connectivity index (χ0n) is 11.4. The van der Waals surface area contributed by atoms with Crippen LogP contribution >= 0.6 is 0 Å². The summed E-state index contributed by atoms with van der Waals surface area (Å²) in [7, 11) is 0. The molecule has 3 heteroatoms. The summed E-state index contributed by atoms with van der Waals surface area (Å²) in [5.74, 6) is 0. The van der Waals surface area contributed by atoms with Crippen molar-refractivity contribution in [2.45, 2.75) is 38.8 Å². The summed E-state index contributed by atoms with van der Waals surface area (Å²) in [4.78, 5) is 2.30. The number of para-hydroxylation sites is 1. The first-order valence-corrected chi connectivity index (χ1v) is 6.97. The molecule has 1 aliphatic rings. The Hall–Kier alpha value is -1.06. The minimum absolute atomic E-state index is 0.279. The van der Waals surface area contributed by atoms with Crippen molar-refractivity contribution in [3.63, 3.8) is 0 Å². The monoisotopic (exact) mass is 248 g/mol. The van der Waals surface area contributed by atoms with Crippen LogP contribution in [0.4, 0.5) is 5.69 Å². The molecule has 1 aromatic carbocycles. The van der Waals surface area contributed by atoms with E-state index in [0.717, 1.165) is 32.5 Å². The number of aliphatic hydroxyl groups is 1. The van der Waals surface area contributed by atoms with Crippen LogP contribution in [0.5, 0.6) is 0 Å². The van der Waals surface area contributed by atoms with E-state index in [1.807, 2.05) is 6.92 Å². The first kappa shape index (κ1) is 13.4. The maximum absolute atomic E-state index is 9.58. The number of fused-ring (bicyclic) bond motifs is 1. The van der Waals surface area contributed by atoms with Gasteiger partial charge in [0.25, 0.3) is 0 Å². The smallest absolute Gasteiger partial charge is 0.0687 e. The molecule has 0 bridgehead atoms. The fourth-order valence-corrected chi connectivity index (χ4v) is 2.67. The molecule has 1 heterocycles. The SMILES string of the molecule is CCCNC1CCN(CC(C)O)c2ccccc21. The molecule has 0 aromatic heterocycles. The number of hydrogen-bond acceptors (Lipinski definition) is 3. The van der Waals surface area contributed by atoms with Gasteiger partial charge >= 0.3 is 0 Å². The Morgan fingerprint density at radius 3 is 2.94 bits per heavy atom. The van der Waals surface area contributed by atoms with E-state index in [4.69, 9.17) is 0 Å². The van der Waals surface area contributed by atoms with Crippen molar-refractivity contribution in [2.24, 2.45) is 0 Å². The minimum Gasteiger partial charge on any atom is -0.392 e. The summed E-state index contributed by atoms with van der Waals surface area (Å²) in [6.07, 6.45) is 2.00. The highest BCUT2D eigenvalue weighted by molar-refractivity contribution is 5.57. The van der Waals surface area contributed by atoms with Gasteiger partial charge in [-0.05, 0) is 37.9 Å². The van der Waals surface area contributed by atoms with E-state index in [1.54, 1.807) is 0 Å². The molecule has 0 aliphatic carbocycles. The average Bonchev–Trinajstić information content (AvgIpc) is 2.37. The molecule has 3 nitrogen and oxygen atoms in total. The first-order valence-electron chi connectivity index (χ1n) is 6.97. The van der Waals surface area contributed by atoms with E-state index in [9.17, 15) is 5.11 Å². The van der Waals surface area contributed by atoms with Crippen molar-refractivity contribution in [3.05, 3.63) is 29.8 Å². The van der Waals surface area contributed by atoms with Crippen molar-refractivity contribution in [2.75, 3.05) is 24.5 Å². The molecule has 0 spiro atoms. The maximum Gasteiger partial charge on any atom is 0.0687 e. The van der Waals surface area contributed by atoms with Gasteiger partial charge in [0.1, 0.15) is 0 Å². The number of aliphatic hydroxyl groups excluding tert-OH is 1. The molecule has 2 N–H and O–H groups in total. The number of β-amino-alcohol motifs (C(OH)–C–C–N with tert-alkyl or cyclic N) is 1. The third-order valence-corrected chi connectivity index (χ3v) is 3.47. The van der Waals surface area contributed by atoms with Gasteiger partial charge in [0.05, 0.1) is 6.10 Å². The largest absolute Gasteiger partial charge is 0.392 e. The van der Waals surface area contributed by atoms with E-state index >= 15 is 0 Å². The molecule has 18 heavy (non-hydrogen) atoms. The Morgan fingerprint density at radius 1 is 1.44 bits per heavy atom. The lowest BCUT2D eigenvalue weighted by Crippen LogP contribution is -2.39. The van der Waals surface area contributed by atoms with Gasteiger partial charge in [-0.2, -0.15) is 0 Å². The van der Waals surface area contributed by atoms with E-state index in [-0.39, 0.29) is 6.10 Å². The van der Waals surface area contributed by atoms with Crippen LogP contribution in [-0.2, 0) is 0 Å². The van der Waals surface area contributed by atoms with Gasteiger partial charge in [-0.25, -0.2) is 0 Å². The minimum atomic E-state index is -0.279. The van der Waals surface area contributed by atoms with Gasteiger partial charge < -0.3 is 15.3 Å². The van der Waals surface area contributed by atoms with E-state index in [1.165, 1.54) is 11.3 Å². The second-order valence-corrected chi connectivity index (χ2v) is 5.15. The molecule has 2 atom stereocenters. The van der Waals surface area contributed by atoms with Crippen LogP contribution in [0, 0.1) is 0 Å². The molecule has 1 aromatic rings. The molecule has 0 saturated carbocycles. The van der Waals surface area contributed by atoms with Gasteiger partial charge in [0.15, 0.2) is 0 Å². The Labute approximate surface area is 110 Å². The first-order chi connectivity index (χ1) is 8.72. The summed E-state index contributed by atoms with van der Waals surface area (Å²) >= 11 is 0. The fourth-order valence-electron chi connectivity index (χ4n) is 2.67. The zero-order chi connectivity index (χ0) is 13.0. The third kappa shape index (κ3) is 3.03. The Kier molecular flexibility index (Phi) is 4.61. The van der Waals surface area contributed by atoms with Crippen LogP contribution in [0.1, 0.15) is 38.3 Å². The normalized spacial score (nSPS) is 20.6. The van der Waals surface area contributed by atoms with Crippen LogP contribution in [0.3, 0.4) is 0 Å². The zero-order valence-corrected chi connectivity index (χ0v) is 11.4. The van der Waals surface area contributed by atoms with Crippen LogP contribution in [0.2, 0.25) is 0 Å². The van der Waals surface area contributed by atoms with Crippen molar-refractivity contribution in [1.29, 1.82) is 0 Å². The van der Waals surface area contributed by atoms with Crippen LogP contribution < -0.4 is 10.2 Å². The molecule has 0 amide bonds. The van der Waals surface area contributed by atoms with Crippen LogP contribution in [0.25, 0.3) is 0 Å². The fraction of sp³-hybridized carbons (Fsp3) is 0.600. The average molecular weight is 248 g/mol. The molecule has 1 aliphatic heterocycles. The number of nitrogens with zero attached hydrogens (tertiary/aromatic N) is 1. The second kappa shape index (κ2) is 6.21. The molecular formula is C15H24N2O. The predicted octanol–water partition coefficient (Wildman–Crippen LogP) is 2.32. The van der Waals surface area contributed by atoms with Crippen LogP contribution in [-0.4, -0.2) is 30.8 Å². The summed E-state index contributed by atoms with van der Waals surface area (Å²) in [6, 6.07) is 9.02. The lowest BCUT2D eigenvalue weighted by Gasteiger charge is -2.36. The van der Waals surface area contributed by atoms with E-state index in [0.29, 0.717) is 6.04 Å². The number of anilines is 1. The summed E-state index contributed by atoms with van der Waals surface area (Å²) < 4.78 is 0. The quantitative estimate of drug-likeness (QED) is 0.839. The lowest BCUT2D eigenvalue weighted by molar-refractivity contribution is 0.198. The van der Waals surface area contributed by atoms with Gasteiger partial charge in [-0.1, -0.05) is 25.1 Å². The molecule has 2 rings (SSSR count). The lowest BCUT2D eigenvalue weighted by atomic mass is 9.96. The van der Waals surface area contributed by atoms with Gasteiger partial charge in [-0.3, -0.25) is 0 Å². The number of rotatable bonds is 5. The molecule has 100 valence electrons. The van der Waals surface area contributed by atoms with Crippen molar-refractivity contribution in [3.8, 4) is 0 Å². The van der Waals surface area contributed by atoms with Crippen molar-refractivity contribution < 1.29 is 5.11 Å². The van der Waals surface area contributed by atoms with Crippen LogP contribution in [0.15, 0.2) is 24.3 Å². The molecule has 0 radical (unpaired) electrons. The highest BCUT2D eigenvalue weighted by Gasteiger charge is 2.24. The second-order valence-electron chi connectivity index (χ2n) is 5.15. The number of hydrogen-bond donors (Lipinski definition) is 2. The summed E-state index contributed by atoms with van der Waals surface area (Å²) in [5, 5.41) is 13.2. The highest BCUT2D eigenvalue weighted by Crippen LogP contribution is 2.33. The Morgan fingerprint density at radius 2 is 2.22 bits per heavy atom. The number of nitrogens with one attached hydrogen (secondary N) is 1. The molecular weight excluding hydrogens is 224 g/mol. The van der Waals surface area contributed by atoms with Gasteiger partial charge in [0.2, 0.25) is 0 Å². The third-order valence-electron chi connectivity index (χ3n) is 3.47. The Bertz CT molecular complexity index is 379. The van der Waals surface area contributed by atoms with Crippen molar-refractivity contribution in [1.82, 2.24) is 5.32 Å². The summed E-state index contributed by atoms with van der Waals surface area (Å²) in [5.41, 5.74) is 2.65. The molecule has 0 saturated heterocycles. The van der Waals surface area contributed by atoms with E-state index in [2.05, 4.69) is 41.4 Å². The predicted molar refractivity (Wildman–Crippen MR) is 76.0 cm³/mol. The standard InChI is InChI=1S/C15H24N2O/c1-3-9-16-14-8-10-17(11-12(2)18)15-7-5-4-6-13(14)15/h4-7,12,14,16,18H,3,8-11H2,1-2H3. The van der Waals surface area contributed by atoms with E-state index < -0.39 is 0 Å². The molecule has 2 unspecified atom stereocenters. The van der Waals surface area contributed by atoms with Gasteiger partial charge in [-0.15, -0.1) is 0 Å². The maximum atomic E-state index is 9.58. The highest BCUT2D eigenvalue weighted by atomic mass is 16.3. The molecule has 0 fully saturated rings. The van der Waals surface area contributed by atoms with Gasteiger partial charge in [0, 0.05) is 24.8 Å². The van der Waals surface area contributed by atoms with Crippen molar-refractivity contribution >= 4 is 5.69 Å².